The number of methoxy groups -OCH3 is 2. The zero-order valence-corrected chi connectivity index (χ0v) is 12.9. The van der Waals surface area contributed by atoms with Gasteiger partial charge in [-0.25, -0.2) is 0 Å². The van der Waals surface area contributed by atoms with Crippen molar-refractivity contribution < 1.29 is 53.8 Å². The Hall–Kier alpha value is -0.557. The monoisotopic (exact) mass is 299 g/mol. The zero-order chi connectivity index (χ0) is 8.97. The molecule has 0 saturated heterocycles. The molecule has 0 saturated carbocycles. The molecule has 0 aromatic heterocycles. The summed E-state index contributed by atoms with van der Waals surface area (Å²) in [6.45, 7) is 0. The van der Waals surface area contributed by atoms with E-state index in [9.17, 15) is 0 Å². The summed E-state index contributed by atoms with van der Waals surface area (Å²) in [5.41, 5.74) is 0.387. The van der Waals surface area contributed by atoms with Crippen molar-refractivity contribution in [3.8, 4) is 11.5 Å². The Morgan fingerprint density at radius 2 is 1.73 bits per heavy atom. The number of nitrogens with zero attached hydrogens (tertiary/aromatic N) is 2. The second-order valence-electron chi connectivity index (χ2n) is 2.14. The Morgan fingerprint density at radius 3 is 2.13 bits per heavy atom. The van der Waals surface area contributed by atoms with Crippen LogP contribution in [0, 0.1) is 5.39 Å². The van der Waals surface area contributed by atoms with E-state index in [-0.39, 0.29) is 44.3 Å². The standard InChI is InChI=1S/C8H9N2O2.2ClH.Zn/c1-11-6-3-4-7(10-9)8(5-6)12-2;;;/h3-5H,1-2H3;2*1H;/q+1;;;+2/p-2. The van der Waals surface area contributed by atoms with E-state index in [1.807, 2.05) is 0 Å². The van der Waals surface area contributed by atoms with Crippen molar-refractivity contribution in [2.45, 2.75) is 0 Å². The third kappa shape index (κ3) is 5.18. The van der Waals surface area contributed by atoms with Crippen molar-refractivity contribution in [2.24, 2.45) is 0 Å². The fraction of sp³-hybridized carbons (Fsp3) is 0.250. The van der Waals surface area contributed by atoms with Gasteiger partial charge in [0, 0.05) is 12.1 Å². The number of diazo groups is 1. The summed E-state index contributed by atoms with van der Waals surface area (Å²) >= 11 is 0. The number of hydrogen-bond acceptors (Lipinski definition) is 3. The third-order valence-electron chi connectivity index (χ3n) is 1.49. The van der Waals surface area contributed by atoms with Crippen LogP contribution >= 0.6 is 0 Å². The van der Waals surface area contributed by atoms with E-state index in [0.717, 1.165) is 0 Å². The van der Waals surface area contributed by atoms with Crippen molar-refractivity contribution >= 4 is 5.69 Å². The molecule has 4 nitrogen and oxygen atoms in total. The van der Waals surface area contributed by atoms with E-state index < -0.39 is 0 Å². The molecule has 1 rings (SSSR count). The molecule has 0 fully saturated rings. The number of rotatable bonds is 2. The minimum atomic E-state index is 0. The van der Waals surface area contributed by atoms with E-state index in [0.29, 0.717) is 17.2 Å². The Bertz CT molecular complexity index is 331. The minimum absolute atomic E-state index is 0. The van der Waals surface area contributed by atoms with Gasteiger partial charge in [-0.15, -0.1) is 0 Å². The van der Waals surface area contributed by atoms with Crippen LogP contribution in [0.25, 0.3) is 4.98 Å². The zero-order valence-electron chi connectivity index (χ0n) is 8.41. The second kappa shape index (κ2) is 9.98. The molecule has 78 valence electrons. The summed E-state index contributed by atoms with van der Waals surface area (Å²) in [4.78, 5) is 3.04. The average Bonchev–Trinajstić information content (AvgIpc) is 2.16. The maximum Gasteiger partial charge on any atom is 2.00 e. The molecular formula is C8H9Cl2N2O2Zn+. The summed E-state index contributed by atoms with van der Waals surface area (Å²) in [5, 5.41) is 8.52. The third-order valence-corrected chi connectivity index (χ3v) is 1.49. The minimum Gasteiger partial charge on any atom is -1.00 e. The molecule has 0 radical (unpaired) electrons. The first-order valence-corrected chi connectivity index (χ1v) is 3.39. The molecule has 7 heteroatoms. The first-order valence-electron chi connectivity index (χ1n) is 3.39. The van der Waals surface area contributed by atoms with Crippen molar-refractivity contribution in [1.29, 1.82) is 5.39 Å². The van der Waals surface area contributed by atoms with Gasteiger partial charge >= 0.3 is 25.2 Å². The van der Waals surface area contributed by atoms with E-state index in [4.69, 9.17) is 14.9 Å². The van der Waals surface area contributed by atoms with Crippen LogP contribution in [0.5, 0.6) is 11.5 Å². The van der Waals surface area contributed by atoms with E-state index >= 15 is 0 Å². The molecule has 0 aliphatic heterocycles. The van der Waals surface area contributed by atoms with Crippen molar-refractivity contribution in [3.63, 3.8) is 0 Å². The maximum absolute atomic E-state index is 8.52. The quantitative estimate of drug-likeness (QED) is 0.416. The van der Waals surface area contributed by atoms with Crippen LogP contribution < -0.4 is 34.3 Å². The van der Waals surface area contributed by atoms with Gasteiger partial charge in [-0.2, -0.15) is 0 Å². The fourth-order valence-corrected chi connectivity index (χ4v) is 0.868. The molecule has 15 heavy (non-hydrogen) atoms. The van der Waals surface area contributed by atoms with Gasteiger partial charge in [-0.3, -0.25) is 0 Å². The Balaban J connectivity index is -0.000000480. The van der Waals surface area contributed by atoms with Gasteiger partial charge in [0.05, 0.1) is 14.2 Å². The van der Waals surface area contributed by atoms with Crippen LogP contribution in [0.4, 0.5) is 5.69 Å². The number of hydrogen-bond donors (Lipinski definition) is 0. The molecule has 0 aliphatic rings. The van der Waals surface area contributed by atoms with Gasteiger partial charge in [0.2, 0.25) is 11.1 Å². The molecular weight excluding hydrogens is 292 g/mol. The summed E-state index contributed by atoms with van der Waals surface area (Å²) in [5.74, 6) is 1.15. The molecule has 0 amide bonds. The van der Waals surface area contributed by atoms with E-state index in [1.54, 1.807) is 25.3 Å². The van der Waals surface area contributed by atoms with Crippen LogP contribution in [0.2, 0.25) is 0 Å². The smallest absolute Gasteiger partial charge is 1.00 e. The molecule has 0 heterocycles. The SMILES string of the molecule is COc1ccc([N+]#N)c(OC)c1.[Cl-].[Cl-].[Zn+2]. The van der Waals surface area contributed by atoms with Crippen molar-refractivity contribution in [2.75, 3.05) is 14.2 Å². The predicted octanol–water partition coefficient (Wildman–Crippen LogP) is -3.81. The Kier molecular flexibility index (Phi) is 13.3. The van der Waals surface area contributed by atoms with Gasteiger partial charge in [0.1, 0.15) is 5.75 Å². The predicted molar refractivity (Wildman–Crippen MR) is 44.3 cm³/mol. The topological polar surface area (TPSA) is 46.6 Å². The van der Waals surface area contributed by atoms with Crippen LogP contribution in [0.1, 0.15) is 0 Å². The molecule has 1 aromatic carbocycles. The molecule has 0 spiro atoms. The molecule has 0 aliphatic carbocycles. The van der Waals surface area contributed by atoms with Gasteiger partial charge in [0.25, 0.3) is 0 Å². The summed E-state index contributed by atoms with van der Waals surface area (Å²) in [6, 6.07) is 4.95. The number of ether oxygens (including phenoxy) is 2. The molecule has 0 N–H and O–H groups in total. The van der Waals surface area contributed by atoms with Crippen LogP contribution in [-0.4, -0.2) is 14.2 Å². The van der Waals surface area contributed by atoms with Gasteiger partial charge in [-0.05, 0) is 6.07 Å². The summed E-state index contributed by atoms with van der Waals surface area (Å²) in [6.07, 6.45) is 0. The first kappa shape index (κ1) is 19.9. The normalized spacial score (nSPS) is 7.00. The van der Waals surface area contributed by atoms with E-state index in [2.05, 4.69) is 4.98 Å². The number of benzene rings is 1. The molecule has 0 atom stereocenters. The number of halogens is 2. The van der Waals surface area contributed by atoms with Gasteiger partial charge < -0.3 is 34.3 Å². The van der Waals surface area contributed by atoms with Crippen molar-refractivity contribution in [1.82, 2.24) is 0 Å². The fourth-order valence-electron chi connectivity index (χ4n) is 0.868. The van der Waals surface area contributed by atoms with Crippen LogP contribution in [0.15, 0.2) is 18.2 Å². The summed E-state index contributed by atoms with van der Waals surface area (Å²) in [7, 11) is 3.06. The second-order valence-corrected chi connectivity index (χ2v) is 2.14. The molecule has 0 unspecified atom stereocenters. The van der Waals surface area contributed by atoms with Crippen LogP contribution in [0.3, 0.4) is 0 Å². The first-order chi connectivity index (χ1) is 5.81. The average molecular weight is 301 g/mol. The van der Waals surface area contributed by atoms with Gasteiger partial charge in [-0.1, -0.05) is 0 Å². The largest absolute Gasteiger partial charge is 2.00 e. The molecule has 1 aromatic rings. The van der Waals surface area contributed by atoms with Crippen LogP contribution in [-0.2, 0) is 19.5 Å². The summed E-state index contributed by atoms with van der Waals surface area (Å²) < 4.78 is 9.90. The van der Waals surface area contributed by atoms with Gasteiger partial charge in [0.15, 0.2) is 4.98 Å². The maximum atomic E-state index is 8.52. The Morgan fingerprint density at radius 1 is 1.13 bits per heavy atom. The Labute approximate surface area is 114 Å². The van der Waals surface area contributed by atoms with Crippen molar-refractivity contribution in [3.05, 3.63) is 23.2 Å². The van der Waals surface area contributed by atoms with E-state index in [1.165, 1.54) is 7.11 Å². The molecule has 0 bridgehead atoms.